The predicted octanol–water partition coefficient (Wildman–Crippen LogP) is 4.74. The number of methoxy groups -OCH3 is 1. The van der Waals surface area contributed by atoms with E-state index in [2.05, 4.69) is 42.3 Å². The van der Waals surface area contributed by atoms with E-state index in [1.54, 1.807) is 19.5 Å². The number of nitrogens with one attached hydrogen (secondary N) is 1. The van der Waals surface area contributed by atoms with Gasteiger partial charge in [-0.3, -0.25) is 9.78 Å². The van der Waals surface area contributed by atoms with Crippen molar-refractivity contribution in [1.82, 2.24) is 19.7 Å². The SMILES string of the molecule is COc1ccc(NC(=O)CSc2nc(-c3ccncc3)nn2Cc2cc(C)ccc2C)cc1. The lowest BCUT2D eigenvalue weighted by atomic mass is 10.1. The number of benzene rings is 2. The minimum absolute atomic E-state index is 0.114. The number of carbonyl (C=O) groups excluding carboxylic acids is 1. The molecule has 33 heavy (non-hydrogen) atoms. The van der Waals surface area contributed by atoms with Crippen LogP contribution in [0.2, 0.25) is 0 Å². The molecule has 0 atom stereocenters. The molecule has 0 radical (unpaired) electrons. The van der Waals surface area contributed by atoms with E-state index in [1.807, 2.05) is 41.1 Å². The highest BCUT2D eigenvalue weighted by Crippen LogP contribution is 2.24. The first-order chi connectivity index (χ1) is 16.0. The molecule has 0 unspecified atom stereocenters. The standard InChI is InChI=1S/C25H25N5O2S/c1-17-4-5-18(2)20(14-17)15-30-25(28-24(29-30)19-10-12-26-13-11-19)33-16-23(31)27-21-6-8-22(32-3)9-7-21/h4-14H,15-16H2,1-3H3,(H,27,31). The first-order valence-electron chi connectivity index (χ1n) is 10.5. The van der Waals surface area contributed by atoms with Crippen LogP contribution in [0.25, 0.3) is 11.4 Å². The molecule has 2 aromatic carbocycles. The zero-order valence-corrected chi connectivity index (χ0v) is 19.6. The van der Waals surface area contributed by atoms with Gasteiger partial charge in [0.05, 0.1) is 19.4 Å². The van der Waals surface area contributed by atoms with E-state index in [4.69, 9.17) is 14.8 Å². The van der Waals surface area contributed by atoms with Crippen molar-refractivity contribution in [2.75, 3.05) is 18.2 Å². The second-order valence-corrected chi connectivity index (χ2v) is 8.55. The zero-order chi connectivity index (χ0) is 23.2. The number of thioether (sulfide) groups is 1. The van der Waals surface area contributed by atoms with Crippen molar-refractivity contribution < 1.29 is 9.53 Å². The summed E-state index contributed by atoms with van der Waals surface area (Å²) in [6.07, 6.45) is 3.44. The van der Waals surface area contributed by atoms with E-state index < -0.39 is 0 Å². The first-order valence-corrected chi connectivity index (χ1v) is 11.5. The Morgan fingerprint density at radius 2 is 1.82 bits per heavy atom. The van der Waals surface area contributed by atoms with E-state index in [-0.39, 0.29) is 11.7 Å². The Hall–Kier alpha value is -3.65. The molecule has 0 saturated carbocycles. The fourth-order valence-corrected chi connectivity index (χ4v) is 4.03. The number of pyridine rings is 1. The highest BCUT2D eigenvalue weighted by atomic mass is 32.2. The number of hydrogen-bond donors (Lipinski definition) is 1. The number of carbonyl (C=O) groups is 1. The monoisotopic (exact) mass is 459 g/mol. The number of aryl methyl sites for hydroxylation is 2. The van der Waals surface area contributed by atoms with Crippen molar-refractivity contribution >= 4 is 23.4 Å². The molecule has 1 N–H and O–H groups in total. The third-order valence-corrected chi connectivity index (χ3v) is 6.07. The van der Waals surface area contributed by atoms with E-state index >= 15 is 0 Å². The van der Waals surface area contributed by atoms with Crippen LogP contribution < -0.4 is 10.1 Å². The number of hydrogen-bond acceptors (Lipinski definition) is 6. The minimum Gasteiger partial charge on any atom is -0.497 e. The summed E-state index contributed by atoms with van der Waals surface area (Å²) in [6.45, 7) is 4.74. The summed E-state index contributed by atoms with van der Waals surface area (Å²) in [5, 5.41) is 8.33. The predicted molar refractivity (Wildman–Crippen MR) is 131 cm³/mol. The Labute approximate surface area is 197 Å². The number of amides is 1. The molecule has 0 saturated heterocycles. The fourth-order valence-electron chi connectivity index (χ4n) is 3.29. The summed E-state index contributed by atoms with van der Waals surface area (Å²) in [6, 6.07) is 17.4. The second-order valence-electron chi connectivity index (χ2n) is 7.61. The molecule has 1 amide bonds. The second kappa shape index (κ2) is 10.3. The lowest BCUT2D eigenvalue weighted by molar-refractivity contribution is -0.113. The average molecular weight is 460 g/mol. The summed E-state index contributed by atoms with van der Waals surface area (Å²) in [5.41, 5.74) is 5.16. The van der Waals surface area contributed by atoms with Crippen molar-refractivity contribution in [2.24, 2.45) is 0 Å². The van der Waals surface area contributed by atoms with Crippen molar-refractivity contribution in [3.63, 3.8) is 0 Å². The van der Waals surface area contributed by atoms with Crippen LogP contribution in [0.1, 0.15) is 16.7 Å². The van der Waals surface area contributed by atoms with Crippen molar-refractivity contribution in [3.05, 3.63) is 83.7 Å². The van der Waals surface area contributed by atoms with Crippen molar-refractivity contribution in [1.29, 1.82) is 0 Å². The molecule has 0 fully saturated rings. The van der Waals surface area contributed by atoms with Crippen molar-refractivity contribution in [3.8, 4) is 17.1 Å². The maximum absolute atomic E-state index is 12.6. The Bertz CT molecular complexity index is 1240. The summed E-state index contributed by atoms with van der Waals surface area (Å²) in [7, 11) is 1.61. The Balaban J connectivity index is 1.53. The molecule has 4 aromatic rings. The van der Waals surface area contributed by atoms with Gasteiger partial charge in [-0.05, 0) is 61.4 Å². The van der Waals surface area contributed by atoms with Crippen LogP contribution >= 0.6 is 11.8 Å². The Morgan fingerprint density at radius 3 is 2.55 bits per heavy atom. The van der Waals surface area contributed by atoms with Gasteiger partial charge < -0.3 is 10.1 Å². The smallest absolute Gasteiger partial charge is 0.234 e. The average Bonchev–Trinajstić information content (AvgIpc) is 3.24. The fraction of sp³-hybridized carbons (Fsp3) is 0.200. The molecular formula is C25H25N5O2S. The molecule has 168 valence electrons. The van der Waals surface area contributed by atoms with Crippen LogP contribution in [0.5, 0.6) is 5.75 Å². The van der Waals surface area contributed by atoms with Crippen LogP contribution in [0.15, 0.2) is 72.1 Å². The van der Waals surface area contributed by atoms with Gasteiger partial charge in [0.2, 0.25) is 5.91 Å². The number of ether oxygens (including phenoxy) is 1. The topological polar surface area (TPSA) is 81.9 Å². The number of anilines is 1. The van der Waals surface area contributed by atoms with Crippen LogP contribution in [-0.4, -0.2) is 38.5 Å². The molecule has 2 aromatic heterocycles. The van der Waals surface area contributed by atoms with E-state index in [9.17, 15) is 4.79 Å². The summed E-state index contributed by atoms with van der Waals surface area (Å²) < 4.78 is 7.02. The van der Waals surface area contributed by atoms with Gasteiger partial charge in [0.25, 0.3) is 0 Å². The van der Waals surface area contributed by atoms with Gasteiger partial charge in [-0.25, -0.2) is 9.67 Å². The van der Waals surface area contributed by atoms with Gasteiger partial charge in [-0.2, -0.15) is 0 Å². The Morgan fingerprint density at radius 1 is 1.06 bits per heavy atom. The van der Waals surface area contributed by atoms with Gasteiger partial charge >= 0.3 is 0 Å². The van der Waals surface area contributed by atoms with Crippen LogP contribution in [0.4, 0.5) is 5.69 Å². The highest BCUT2D eigenvalue weighted by molar-refractivity contribution is 7.99. The minimum atomic E-state index is -0.114. The molecule has 0 aliphatic heterocycles. The first kappa shape index (κ1) is 22.5. The van der Waals surface area contributed by atoms with Crippen LogP contribution in [0, 0.1) is 13.8 Å². The molecule has 4 rings (SSSR count). The zero-order valence-electron chi connectivity index (χ0n) is 18.8. The summed E-state index contributed by atoms with van der Waals surface area (Å²) in [4.78, 5) is 21.3. The molecule has 0 aliphatic rings. The number of rotatable bonds is 8. The van der Waals surface area contributed by atoms with Gasteiger partial charge in [0, 0.05) is 23.6 Å². The maximum atomic E-state index is 12.6. The molecular weight excluding hydrogens is 434 g/mol. The van der Waals surface area contributed by atoms with E-state index in [0.29, 0.717) is 17.5 Å². The lowest BCUT2D eigenvalue weighted by Gasteiger charge is -2.10. The van der Waals surface area contributed by atoms with Gasteiger partial charge in [-0.15, -0.1) is 5.10 Å². The number of nitrogens with zero attached hydrogens (tertiary/aromatic N) is 4. The molecule has 2 heterocycles. The van der Waals surface area contributed by atoms with Gasteiger partial charge in [-0.1, -0.05) is 35.5 Å². The van der Waals surface area contributed by atoms with Crippen LogP contribution in [0.3, 0.4) is 0 Å². The normalized spacial score (nSPS) is 10.8. The largest absolute Gasteiger partial charge is 0.497 e. The van der Waals surface area contributed by atoms with E-state index in [1.165, 1.54) is 28.5 Å². The molecule has 8 heteroatoms. The molecule has 0 spiro atoms. The third kappa shape index (κ3) is 5.78. The molecule has 0 bridgehead atoms. The van der Waals surface area contributed by atoms with Gasteiger partial charge in [0.15, 0.2) is 11.0 Å². The lowest BCUT2D eigenvalue weighted by Crippen LogP contribution is -2.15. The Kier molecular flexibility index (Phi) is 7.04. The number of aromatic nitrogens is 4. The third-order valence-electron chi connectivity index (χ3n) is 5.11. The highest BCUT2D eigenvalue weighted by Gasteiger charge is 2.15. The van der Waals surface area contributed by atoms with E-state index in [0.717, 1.165) is 17.0 Å². The van der Waals surface area contributed by atoms with Gasteiger partial charge in [0.1, 0.15) is 5.75 Å². The van der Waals surface area contributed by atoms with Crippen molar-refractivity contribution in [2.45, 2.75) is 25.5 Å². The molecule has 7 nitrogen and oxygen atoms in total. The van der Waals surface area contributed by atoms with Crippen LogP contribution in [-0.2, 0) is 11.3 Å². The quantitative estimate of drug-likeness (QED) is 0.383. The summed E-state index contributed by atoms with van der Waals surface area (Å²) >= 11 is 1.36. The summed E-state index contributed by atoms with van der Waals surface area (Å²) in [5.74, 6) is 1.45. The maximum Gasteiger partial charge on any atom is 0.234 e. The molecule has 0 aliphatic carbocycles.